The van der Waals surface area contributed by atoms with E-state index < -0.39 is 12.2 Å². The van der Waals surface area contributed by atoms with Crippen molar-refractivity contribution in [2.24, 2.45) is 5.92 Å². The van der Waals surface area contributed by atoms with Gasteiger partial charge in [-0.2, -0.15) is 9.65 Å². The molecule has 0 unspecified atom stereocenters. The summed E-state index contributed by atoms with van der Waals surface area (Å²) in [5.74, 6) is -0.429. The van der Waals surface area contributed by atoms with Gasteiger partial charge in [-0.25, -0.2) is 0 Å². The zero-order valence-corrected chi connectivity index (χ0v) is 15.4. The van der Waals surface area contributed by atoms with Gasteiger partial charge >= 0.3 is 6.36 Å². The second-order valence-corrected chi connectivity index (χ2v) is 6.78. The van der Waals surface area contributed by atoms with Crippen LogP contribution in [0.4, 0.5) is 17.6 Å². The number of nitriles is 1. The molecule has 0 aliphatic heterocycles. The van der Waals surface area contributed by atoms with Gasteiger partial charge in [0.25, 0.3) is 0 Å². The topological polar surface area (TPSA) is 42.2 Å². The average Bonchev–Trinajstić information content (AvgIpc) is 2.66. The summed E-state index contributed by atoms with van der Waals surface area (Å²) in [6, 6.07) is 7.14. The van der Waals surface area contributed by atoms with E-state index in [9.17, 15) is 17.6 Å². The first-order valence-electron chi connectivity index (χ1n) is 9.24. The summed E-state index contributed by atoms with van der Waals surface area (Å²) >= 11 is 0. The van der Waals surface area contributed by atoms with E-state index in [1.807, 2.05) is 6.08 Å². The van der Waals surface area contributed by atoms with Crippen molar-refractivity contribution in [3.05, 3.63) is 53.9 Å². The van der Waals surface area contributed by atoms with Crippen molar-refractivity contribution in [1.29, 1.82) is 5.26 Å². The van der Waals surface area contributed by atoms with Crippen molar-refractivity contribution < 1.29 is 27.0 Å². The molecule has 0 radical (unpaired) electrons. The predicted octanol–water partition coefficient (Wildman–Crippen LogP) is 6.37. The quantitative estimate of drug-likeness (QED) is 0.291. The number of ether oxygens (including phenoxy) is 2. The number of rotatable bonds is 8. The molecule has 28 heavy (non-hydrogen) atoms. The van der Waals surface area contributed by atoms with Gasteiger partial charge < -0.3 is 9.47 Å². The van der Waals surface area contributed by atoms with E-state index in [4.69, 9.17) is 10.00 Å². The van der Waals surface area contributed by atoms with Crippen LogP contribution >= 0.6 is 0 Å². The van der Waals surface area contributed by atoms with Crippen molar-refractivity contribution in [3.8, 4) is 11.8 Å². The number of nitrogens with zero attached hydrogens (tertiary/aromatic N) is 1. The third kappa shape index (κ3) is 8.57. The molecule has 0 N–H and O–H groups in total. The number of alkyl halides is 3. The van der Waals surface area contributed by atoms with E-state index >= 15 is 0 Å². The monoisotopic (exact) mass is 397 g/mol. The number of hydrogen-bond acceptors (Lipinski definition) is 3. The Hall–Kier alpha value is -2.33. The highest BCUT2D eigenvalue weighted by molar-refractivity contribution is 5.27. The second-order valence-electron chi connectivity index (χ2n) is 6.78. The molecule has 0 atom stereocenters. The Morgan fingerprint density at radius 3 is 2.43 bits per heavy atom. The molecule has 7 heteroatoms. The summed E-state index contributed by atoms with van der Waals surface area (Å²) < 4.78 is 58.8. The van der Waals surface area contributed by atoms with Gasteiger partial charge in [0.2, 0.25) is 0 Å². The highest BCUT2D eigenvalue weighted by atomic mass is 19.4. The molecule has 1 aromatic rings. The molecule has 0 aromatic heterocycles. The molecule has 1 aliphatic carbocycles. The lowest BCUT2D eigenvalue weighted by molar-refractivity contribution is -0.274. The maximum absolute atomic E-state index is 12.6. The molecule has 2 rings (SSSR count). The smallest absolute Gasteiger partial charge is 0.406 e. The number of hydrogen-bond donors (Lipinski definition) is 0. The van der Waals surface area contributed by atoms with E-state index in [0.29, 0.717) is 12.5 Å². The van der Waals surface area contributed by atoms with Crippen LogP contribution < -0.4 is 4.74 Å². The maximum Gasteiger partial charge on any atom is 0.573 e. The van der Waals surface area contributed by atoms with E-state index in [0.717, 1.165) is 50.2 Å². The molecule has 1 aliphatic rings. The normalized spacial score (nSPS) is 20.9. The Kier molecular flexibility index (Phi) is 8.52. The van der Waals surface area contributed by atoms with Gasteiger partial charge in [0.1, 0.15) is 11.8 Å². The third-order valence-electron chi connectivity index (χ3n) is 4.66. The first kappa shape index (κ1) is 22.0. The SMILES string of the molecule is N#CC(F)=CC=CCC[C@H]1CC[C@H](OCc2ccc(OC(F)(F)F)cc2)CC1. The van der Waals surface area contributed by atoms with Crippen LogP contribution in [0.1, 0.15) is 44.1 Å². The van der Waals surface area contributed by atoms with Crippen LogP contribution in [-0.4, -0.2) is 12.5 Å². The third-order valence-corrected chi connectivity index (χ3v) is 4.66. The lowest BCUT2D eigenvalue weighted by atomic mass is 9.84. The maximum atomic E-state index is 12.6. The molecule has 0 saturated heterocycles. The number of allylic oxidation sites excluding steroid dienone is 4. The van der Waals surface area contributed by atoms with Crippen molar-refractivity contribution in [1.82, 2.24) is 0 Å². The standard InChI is InChI=1S/C21H23F4NO2/c22-18(14-26)5-3-1-2-4-16-6-10-19(11-7-16)27-15-17-8-12-20(13-9-17)28-21(23,24)25/h1,3,5,8-9,12-13,16,19H,2,4,6-7,10-11,15H2/t16-,19-. The zero-order valence-electron chi connectivity index (χ0n) is 15.4. The summed E-state index contributed by atoms with van der Waals surface area (Å²) in [6.45, 7) is 0.362. The predicted molar refractivity (Wildman–Crippen MR) is 96.8 cm³/mol. The molecule has 0 bridgehead atoms. The van der Waals surface area contributed by atoms with E-state index in [-0.39, 0.29) is 11.9 Å². The van der Waals surface area contributed by atoms with Gasteiger partial charge in [-0.05, 0) is 68.2 Å². The fraction of sp³-hybridized carbons (Fsp3) is 0.476. The van der Waals surface area contributed by atoms with E-state index in [1.54, 1.807) is 18.2 Å². The fourth-order valence-electron chi connectivity index (χ4n) is 3.21. The molecule has 0 heterocycles. The van der Waals surface area contributed by atoms with Gasteiger partial charge in [0, 0.05) is 0 Å². The molecule has 3 nitrogen and oxygen atoms in total. The van der Waals surface area contributed by atoms with Gasteiger partial charge in [0.15, 0.2) is 5.83 Å². The summed E-state index contributed by atoms with van der Waals surface area (Å²) in [4.78, 5) is 0. The molecule has 0 spiro atoms. The van der Waals surface area contributed by atoms with Crippen molar-refractivity contribution >= 4 is 0 Å². The molecule has 1 saturated carbocycles. The minimum Gasteiger partial charge on any atom is -0.406 e. The largest absolute Gasteiger partial charge is 0.573 e. The molecule has 1 aromatic carbocycles. The van der Waals surface area contributed by atoms with E-state index in [1.165, 1.54) is 18.2 Å². The first-order chi connectivity index (χ1) is 13.4. The minimum absolute atomic E-state index is 0.158. The lowest BCUT2D eigenvalue weighted by Gasteiger charge is -2.28. The van der Waals surface area contributed by atoms with Gasteiger partial charge in [-0.15, -0.1) is 13.2 Å². The second kappa shape index (κ2) is 10.9. The molecular weight excluding hydrogens is 374 g/mol. The summed E-state index contributed by atoms with van der Waals surface area (Å²) in [5, 5.41) is 8.30. The van der Waals surface area contributed by atoms with E-state index in [2.05, 4.69) is 4.74 Å². The van der Waals surface area contributed by atoms with Crippen LogP contribution in [0.25, 0.3) is 0 Å². The van der Waals surface area contributed by atoms with Gasteiger partial charge in [-0.1, -0.05) is 24.3 Å². The Bertz CT molecular complexity index is 697. The molecule has 1 fully saturated rings. The molecule has 152 valence electrons. The number of benzene rings is 1. The van der Waals surface area contributed by atoms with Gasteiger partial charge in [0.05, 0.1) is 12.7 Å². The zero-order chi connectivity index (χ0) is 20.4. The van der Waals surface area contributed by atoms with Crippen molar-refractivity contribution in [2.45, 2.75) is 57.6 Å². The number of halogens is 4. The van der Waals surface area contributed by atoms with Crippen molar-refractivity contribution in [3.63, 3.8) is 0 Å². The Balaban J connectivity index is 1.64. The van der Waals surface area contributed by atoms with Crippen molar-refractivity contribution in [2.75, 3.05) is 0 Å². The minimum atomic E-state index is -4.68. The van der Waals surface area contributed by atoms with Crippen LogP contribution in [0.15, 0.2) is 48.3 Å². The van der Waals surface area contributed by atoms with Gasteiger partial charge in [-0.3, -0.25) is 0 Å². The summed E-state index contributed by atoms with van der Waals surface area (Å²) in [6.07, 6.45) is 5.94. The highest BCUT2D eigenvalue weighted by Gasteiger charge is 2.31. The Morgan fingerprint density at radius 1 is 1.14 bits per heavy atom. The Labute approximate surface area is 162 Å². The van der Waals surface area contributed by atoms with Crippen LogP contribution in [-0.2, 0) is 11.3 Å². The molecule has 0 amide bonds. The fourth-order valence-corrected chi connectivity index (χ4v) is 3.21. The lowest BCUT2D eigenvalue weighted by Crippen LogP contribution is -2.21. The van der Waals surface area contributed by atoms with Crippen LogP contribution in [0.5, 0.6) is 5.75 Å². The van der Waals surface area contributed by atoms with Crippen LogP contribution in [0, 0.1) is 17.2 Å². The average molecular weight is 397 g/mol. The summed E-state index contributed by atoms with van der Waals surface area (Å²) in [7, 11) is 0. The first-order valence-corrected chi connectivity index (χ1v) is 9.24. The molecular formula is C21H23F4NO2. The highest BCUT2D eigenvalue weighted by Crippen LogP contribution is 2.30. The summed E-state index contributed by atoms with van der Waals surface area (Å²) in [5.41, 5.74) is 0.805. The van der Waals surface area contributed by atoms with Crippen LogP contribution in [0.2, 0.25) is 0 Å². The van der Waals surface area contributed by atoms with Crippen LogP contribution in [0.3, 0.4) is 0 Å². The Morgan fingerprint density at radius 2 is 1.82 bits per heavy atom.